The lowest BCUT2D eigenvalue weighted by molar-refractivity contribution is -0.138. The van der Waals surface area contributed by atoms with Gasteiger partial charge in [0.2, 0.25) is 0 Å². The van der Waals surface area contributed by atoms with Gasteiger partial charge < -0.3 is 16.2 Å². The van der Waals surface area contributed by atoms with E-state index in [1.165, 1.54) is 24.3 Å². The topological polar surface area (TPSA) is 61.3 Å². The Kier molecular flexibility index (Phi) is 6.10. The molecule has 0 aliphatic heterocycles. The van der Waals surface area contributed by atoms with Gasteiger partial charge in [-0.1, -0.05) is 24.3 Å². The van der Waals surface area contributed by atoms with Crippen molar-refractivity contribution in [3.8, 4) is 33.8 Å². The maximum absolute atomic E-state index is 13.0. The number of rotatable bonds is 4. The molecule has 0 saturated heterocycles. The smallest absolute Gasteiger partial charge is 0.416 e. The molecule has 0 radical (unpaired) electrons. The number of benzene rings is 4. The number of nitrogen functional groups attached to an aromatic ring is 2. The number of hydrogen-bond acceptors (Lipinski definition) is 3. The van der Waals surface area contributed by atoms with E-state index in [-0.39, 0.29) is 11.5 Å². The molecule has 0 aromatic heterocycles. The number of ether oxygens (including phenoxy) is 1. The summed E-state index contributed by atoms with van der Waals surface area (Å²) < 4.78 is 83.9. The average molecular weight is 488 g/mol. The summed E-state index contributed by atoms with van der Waals surface area (Å²) in [6.45, 7) is 0. The summed E-state index contributed by atoms with van der Waals surface area (Å²) in [6, 6.07) is 18.5. The summed E-state index contributed by atoms with van der Waals surface area (Å²) in [7, 11) is 0. The van der Waals surface area contributed by atoms with Gasteiger partial charge in [0, 0.05) is 22.5 Å². The summed E-state index contributed by atoms with van der Waals surface area (Å²) in [4.78, 5) is 0. The van der Waals surface area contributed by atoms with Crippen LogP contribution in [0.1, 0.15) is 11.1 Å². The molecule has 0 bridgehead atoms. The summed E-state index contributed by atoms with van der Waals surface area (Å²) >= 11 is 0. The Hall–Kier alpha value is -4.14. The van der Waals surface area contributed by atoms with Crippen LogP contribution in [0.25, 0.3) is 22.3 Å². The van der Waals surface area contributed by atoms with E-state index in [1.54, 1.807) is 36.4 Å². The van der Waals surface area contributed by atoms with Crippen molar-refractivity contribution in [1.29, 1.82) is 0 Å². The van der Waals surface area contributed by atoms with Crippen molar-refractivity contribution in [2.45, 2.75) is 12.4 Å². The van der Waals surface area contributed by atoms with Crippen LogP contribution < -0.4 is 16.2 Å². The predicted molar refractivity (Wildman–Crippen MR) is 123 cm³/mol. The third-order valence-corrected chi connectivity index (χ3v) is 5.27. The Morgan fingerprint density at radius 3 is 1.14 bits per heavy atom. The molecule has 4 rings (SSSR count). The molecule has 0 fully saturated rings. The monoisotopic (exact) mass is 488 g/mol. The molecule has 35 heavy (non-hydrogen) atoms. The van der Waals surface area contributed by atoms with E-state index < -0.39 is 23.5 Å². The Bertz CT molecular complexity index is 1240. The maximum Gasteiger partial charge on any atom is 0.416 e. The Labute approximate surface area is 196 Å². The lowest BCUT2D eigenvalue weighted by atomic mass is 10.0. The minimum Gasteiger partial charge on any atom is -0.456 e. The SMILES string of the molecule is Nc1ccc(Oc2ccc(N)cc2-c2ccc(C(F)(F)F)cc2)c(-c2ccc(C(F)(F)F)cc2)c1. The van der Waals surface area contributed by atoms with Gasteiger partial charge in [0.15, 0.2) is 0 Å². The Balaban J connectivity index is 1.74. The number of alkyl halides is 6. The second kappa shape index (κ2) is 8.90. The zero-order valence-corrected chi connectivity index (χ0v) is 17.9. The van der Waals surface area contributed by atoms with Gasteiger partial charge in [0.25, 0.3) is 0 Å². The molecule has 4 aromatic rings. The van der Waals surface area contributed by atoms with Gasteiger partial charge in [0.05, 0.1) is 11.1 Å². The molecule has 0 unspecified atom stereocenters. The van der Waals surface area contributed by atoms with Gasteiger partial charge in [-0.25, -0.2) is 0 Å². The zero-order valence-electron chi connectivity index (χ0n) is 17.9. The summed E-state index contributed by atoms with van der Waals surface area (Å²) in [5.74, 6) is 0.578. The zero-order chi connectivity index (χ0) is 25.4. The highest BCUT2D eigenvalue weighted by Crippen LogP contribution is 2.41. The first-order chi connectivity index (χ1) is 16.4. The normalized spacial score (nSPS) is 11.9. The molecule has 0 aliphatic carbocycles. The fraction of sp³-hybridized carbons (Fsp3) is 0.0769. The molecule has 9 heteroatoms. The first kappa shape index (κ1) is 24.0. The van der Waals surface area contributed by atoms with Crippen molar-refractivity contribution in [2.75, 3.05) is 11.5 Å². The fourth-order valence-corrected chi connectivity index (χ4v) is 3.52. The van der Waals surface area contributed by atoms with Crippen LogP contribution >= 0.6 is 0 Å². The quantitative estimate of drug-likeness (QED) is 0.226. The summed E-state index contributed by atoms with van der Waals surface area (Å²) in [6.07, 6.45) is -8.96. The molecular weight excluding hydrogens is 470 g/mol. The van der Waals surface area contributed by atoms with Gasteiger partial charge in [-0.15, -0.1) is 0 Å². The van der Waals surface area contributed by atoms with E-state index in [0.717, 1.165) is 24.3 Å². The van der Waals surface area contributed by atoms with Crippen molar-refractivity contribution < 1.29 is 31.1 Å². The molecule has 4 N–H and O–H groups in total. The number of hydrogen-bond donors (Lipinski definition) is 2. The Morgan fingerprint density at radius 1 is 0.486 bits per heavy atom. The van der Waals surface area contributed by atoms with E-state index in [4.69, 9.17) is 16.2 Å². The van der Waals surface area contributed by atoms with E-state index in [9.17, 15) is 26.3 Å². The highest BCUT2D eigenvalue weighted by atomic mass is 19.4. The molecule has 3 nitrogen and oxygen atoms in total. The van der Waals surface area contributed by atoms with Crippen LogP contribution in [0.2, 0.25) is 0 Å². The molecule has 0 saturated carbocycles. The summed E-state index contributed by atoms with van der Waals surface area (Å²) in [5, 5.41) is 0. The molecular formula is C26H18F6N2O. The third-order valence-electron chi connectivity index (χ3n) is 5.27. The van der Waals surface area contributed by atoms with E-state index >= 15 is 0 Å². The van der Waals surface area contributed by atoms with Crippen LogP contribution in [0.15, 0.2) is 84.9 Å². The van der Waals surface area contributed by atoms with Crippen molar-refractivity contribution in [3.05, 3.63) is 96.1 Å². The standard InChI is InChI=1S/C26H18F6N2O/c27-25(28,29)17-5-1-15(2-6-17)21-13-19(33)9-11-23(21)35-24-12-10-20(34)14-22(24)16-3-7-18(8-4-16)26(30,31)32/h1-14H,33-34H2. The lowest BCUT2D eigenvalue weighted by Gasteiger charge is -2.17. The van der Waals surface area contributed by atoms with Crippen molar-refractivity contribution in [3.63, 3.8) is 0 Å². The largest absolute Gasteiger partial charge is 0.456 e. The van der Waals surface area contributed by atoms with Crippen molar-refractivity contribution in [1.82, 2.24) is 0 Å². The predicted octanol–water partition coefficient (Wildman–Crippen LogP) is 8.01. The molecule has 0 atom stereocenters. The van der Waals surface area contributed by atoms with Crippen molar-refractivity contribution >= 4 is 11.4 Å². The molecule has 0 heterocycles. The van der Waals surface area contributed by atoms with Gasteiger partial charge in [0.1, 0.15) is 11.5 Å². The minimum atomic E-state index is -4.48. The highest BCUT2D eigenvalue weighted by Gasteiger charge is 2.31. The van der Waals surface area contributed by atoms with Gasteiger partial charge in [-0.3, -0.25) is 0 Å². The van der Waals surface area contributed by atoms with Crippen LogP contribution in [-0.4, -0.2) is 0 Å². The second-order valence-corrected chi connectivity index (χ2v) is 7.76. The molecule has 0 aliphatic rings. The van der Waals surface area contributed by atoms with E-state index in [1.807, 2.05) is 0 Å². The minimum absolute atomic E-state index is 0.289. The Morgan fingerprint density at radius 2 is 0.829 bits per heavy atom. The van der Waals surface area contributed by atoms with Gasteiger partial charge in [-0.2, -0.15) is 26.3 Å². The molecule has 0 spiro atoms. The molecule has 4 aromatic carbocycles. The first-order valence-electron chi connectivity index (χ1n) is 10.2. The van der Waals surface area contributed by atoms with E-state index in [2.05, 4.69) is 0 Å². The second-order valence-electron chi connectivity index (χ2n) is 7.76. The first-order valence-corrected chi connectivity index (χ1v) is 10.2. The van der Waals surface area contributed by atoms with E-state index in [0.29, 0.717) is 33.6 Å². The summed E-state index contributed by atoms with van der Waals surface area (Å²) in [5.41, 5.74) is 12.7. The van der Waals surface area contributed by atoms with Crippen LogP contribution in [-0.2, 0) is 12.4 Å². The fourth-order valence-electron chi connectivity index (χ4n) is 3.52. The number of halogens is 6. The molecule has 0 amide bonds. The van der Waals surface area contributed by atoms with Crippen LogP contribution in [0.5, 0.6) is 11.5 Å². The van der Waals surface area contributed by atoms with Gasteiger partial charge >= 0.3 is 12.4 Å². The van der Waals surface area contributed by atoms with Gasteiger partial charge in [-0.05, 0) is 71.8 Å². The maximum atomic E-state index is 13.0. The van der Waals surface area contributed by atoms with Crippen molar-refractivity contribution in [2.24, 2.45) is 0 Å². The third kappa shape index (κ3) is 5.34. The molecule has 180 valence electrons. The lowest BCUT2D eigenvalue weighted by Crippen LogP contribution is -2.04. The highest BCUT2D eigenvalue weighted by molar-refractivity contribution is 5.78. The number of anilines is 2. The van der Waals surface area contributed by atoms with Crippen LogP contribution in [0.4, 0.5) is 37.7 Å². The average Bonchev–Trinajstić information content (AvgIpc) is 2.80. The number of nitrogens with two attached hydrogens (primary N) is 2. The van der Waals surface area contributed by atoms with Crippen LogP contribution in [0.3, 0.4) is 0 Å². The van der Waals surface area contributed by atoms with Crippen LogP contribution in [0, 0.1) is 0 Å².